The van der Waals surface area contributed by atoms with E-state index in [0.717, 1.165) is 37.6 Å². The Hall–Kier alpha value is -3.35. The van der Waals surface area contributed by atoms with Gasteiger partial charge in [0.1, 0.15) is 0 Å². The maximum atomic E-state index is 11.6. The van der Waals surface area contributed by atoms with Gasteiger partial charge in [-0.3, -0.25) is 9.59 Å². The molecule has 0 unspecified atom stereocenters. The summed E-state index contributed by atoms with van der Waals surface area (Å²) in [5.74, 6) is -1.23. The van der Waals surface area contributed by atoms with Gasteiger partial charge < -0.3 is 20.2 Å². The van der Waals surface area contributed by atoms with E-state index in [-0.39, 0.29) is 23.7 Å². The molecule has 0 aliphatic carbocycles. The molecule has 2 aromatic carbocycles. The van der Waals surface area contributed by atoms with Crippen LogP contribution in [0.1, 0.15) is 41.0 Å². The van der Waals surface area contributed by atoms with Gasteiger partial charge in [-0.05, 0) is 49.4 Å². The first-order chi connectivity index (χ1) is 13.9. The Morgan fingerprint density at radius 1 is 0.931 bits per heavy atom. The van der Waals surface area contributed by atoms with Crippen LogP contribution in [-0.2, 0) is 4.79 Å². The van der Waals surface area contributed by atoms with Crippen molar-refractivity contribution in [2.45, 2.75) is 20.3 Å². The Morgan fingerprint density at radius 3 is 2.00 bits per heavy atom. The summed E-state index contributed by atoms with van der Waals surface area (Å²) in [6, 6.07) is 12.7. The quantitative estimate of drug-likeness (QED) is 0.730. The molecule has 3 rings (SSSR count). The molecule has 1 aliphatic rings. The second kappa shape index (κ2) is 8.77. The highest BCUT2D eigenvalue weighted by atomic mass is 16.4. The number of carboxylic acid groups (broad SMARTS) is 1. The summed E-state index contributed by atoms with van der Waals surface area (Å²) in [4.78, 5) is 39.1. The van der Waals surface area contributed by atoms with Gasteiger partial charge in [-0.2, -0.15) is 0 Å². The Kier molecular flexibility index (Phi) is 6.16. The molecular weight excluding hydrogens is 370 g/mol. The molecule has 1 fully saturated rings. The molecule has 1 heterocycles. The number of Topliss-reactive ketones (excluding diaryl/α,β-unsaturated/α-hetero) is 1. The third-order valence-electron chi connectivity index (χ3n) is 5.11. The molecule has 2 N–H and O–H groups in total. The fourth-order valence-corrected chi connectivity index (χ4v) is 3.38. The number of anilines is 3. The maximum absolute atomic E-state index is 11.6. The minimum Gasteiger partial charge on any atom is -0.478 e. The van der Waals surface area contributed by atoms with E-state index in [9.17, 15) is 19.5 Å². The Balaban J connectivity index is 1.70. The van der Waals surface area contributed by atoms with Crippen LogP contribution in [0.5, 0.6) is 0 Å². The van der Waals surface area contributed by atoms with Gasteiger partial charge in [-0.15, -0.1) is 0 Å². The smallest absolute Gasteiger partial charge is 0.337 e. The molecule has 0 bridgehead atoms. The molecule has 0 radical (unpaired) electrons. The number of carbonyl (C=O) groups is 3. The second-order valence-corrected chi connectivity index (χ2v) is 7.01. The van der Waals surface area contributed by atoms with Gasteiger partial charge in [0.05, 0.1) is 11.3 Å². The van der Waals surface area contributed by atoms with E-state index < -0.39 is 5.97 Å². The fraction of sp³-hybridized carbons (Fsp3) is 0.318. The van der Waals surface area contributed by atoms with E-state index in [0.29, 0.717) is 11.3 Å². The first-order valence-corrected chi connectivity index (χ1v) is 9.67. The van der Waals surface area contributed by atoms with Gasteiger partial charge in [-0.25, -0.2) is 4.79 Å². The number of carbonyl (C=O) groups excluding carboxylic acids is 2. The molecule has 0 aromatic heterocycles. The van der Waals surface area contributed by atoms with Crippen molar-refractivity contribution in [3.05, 3.63) is 53.6 Å². The highest BCUT2D eigenvalue weighted by Gasteiger charge is 2.20. The normalized spacial score (nSPS) is 13.9. The van der Waals surface area contributed by atoms with Crippen LogP contribution in [-0.4, -0.2) is 48.9 Å². The van der Waals surface area contributed by atoms with Crippen molar-refractivity contribution >= 4 is 34.7 Å². The highest BCUT2D eigenvalue weighted by Crippen LogP contribution is 2.26. The van der Waals surface area contributed by atoms with Crippen LogP contribution in [0.3, 0.4) is 0 Å². The van der Waals surface area contributed by atoms with E-state index in [1.807, 2.05) is 30.3 Å². The molecule has 0 atom stereocenters. The maximum Gasteiger partial charge on any atom is 0.337 e. The SMILES string of the molecule is CCC(=O)Nc1ccc(N2CCN(c3ccc(C(C)=O)cc3)CC2)cc1C(=O)O. The molecule has 2 aromatic rings. The van der Waals surface area contributed by atoms with Crippen LogP contribution < -0.4 is 15.1 Å². The summed E-state index contributed by atoms with van der Waals surface area (Å²) in [6.07, 6.45) is 0.288. The summed E-state index contributed by atoms with van der Waals surface area (Å²) >= 11 is 0. The van der Waals surface area contributed by atoms with E-state index in [2.05, 4.69) is 15.1 Å². The number of aromatic carboxylic acids is 1. The van der Waals surface area contributed by atoms with E-state index >= 15 is 0 Å². The van der Waals surface area contributed by atoms with Crippen molar-refractivity contribution in [3.8, 4) is 0 Å². The fourth-order valence-electron chi connectivity index (χ4n) is 3.38. The van der Waals surface area contributed by atoms with Crippen LogP contribution in [0.25, 0.3) is 0 Å². The monoisotopic (exact) mass is 395 g/mol. The number of nitrogens with zero attached hydrogens (tertiary/aromatic N) is 2. The topological polar surface area (TPSA) is 90.0 Å². The Morgan fingerprint density at radius 2 is 1.48 bits per heavy atom. The number of nitrogens with one attached hydrogen (secondary N) is 1. The largest absolute Gasteiger partial charge is 0.478 e. The molecule has 7 heteroatoms. The Labute approximate surface area is 169 Å². The van der Waals surface area contributed by atoms with Gasteiger partial charge in [0.15, 0.2) is 5.78 Å². The number of hydrogen-bond acceptors (Lipinski definition) is 5. The first kappa shape index (κ1) is 20.4. The van der Waals surface area contributed by atoms with Gasteiger partial charge in [0.2, 0.25) is 5.91 Å². The van der Waals surface area contributed by atoms with Crippen LogP contribution in [0.4, 0.5) is 17.1 Å². The number of carboxylic acids is 1. The predicted octanol–water partition coefficient (Wildman–Crippen LogP) is 3.26. The number of rotatable bonds is 6. The third-order valence-corrected chi connectivity index (χ3v) is 5.11. The zero-order valence-electron chi connectivity index (χ0n) is 16.6. The average molecular weight is 395 g/mol. The van der Waals surface area contributed by atoms with Crippen molar-refractivity contribution < 1.29 is 19.5 Å². The zero-order valence-corrected chi connectivity index (χ0v) is 16.6. The van der Waals surface area contributed by atoms with Crippen molar-refractivity contribution in [2.24, 2.45) is 0 Å². The average Bonchev–Trinajstić information content (AvgIpc) is 2.74. The number of amides is 1. The standard InChI is InChI=1S/C22H25N3O4/c1-3-21(27)23-20-9-8-18(14-19(20)22(28)29)25-12-10-24(11-13-25)17-6-4-16(5-7-17)15(2)26/h4-9,14H,3,10-13H2,1-2H3,(H,23,27)(H,28,29). The lowest BCUT2D eigenvalue weighted by Crippen LogP contribution is -2.46. The number of piperazine rings is 1. The lowest BCUT2D eigenvalue weighted by atomic mass is 10.1. The minimum absolute atomic E-state index is 0.0502. The van der Waals surface area contributed by atoms with E-state index in [1.54, 1.807) is 26.0 Å². The van der Waals surface area contributed by atoms with Crippen molar-refractivity contribution in [2.75, 3.05) is 41.3 Å². The van der Waals surface area contributed by atoms with Gasteiger partial charge >= 0.3 is 5.97 Å². The van der Waals surface area contributed by atoms with Crippen molar-refractivity contribution in [1.82, 2.24) is 0 Å². The summed E-state index contributed by atoms with van der Waals surface area (Å²) in [6.45, 7) is 6.34. The second-order valence-electron chi connectivity index (χ2n) is 7.01. The van der Waals surface area contributed by atoms with Crippen LogP contribution in [0.15, 0.2) is 42.5 Å². The molecule has 7 nitrogen and oxygen atoms in total. The summed E-state index contributed by atoms with van der Waals surface area (Å²) < 4.78 is 0. The molecule has 29 heavy (non-hydrogen) atoms. The summed E-state index contributed by atoms with van der Waals surface area (Å²) in [7, 11) is 0. The predicted molar refractivity (Wildman–Crippen MR) is 113 cm³/mol. The van der Waals surface area contributed by atoms with Crippen molar-refractivity contribution in [3.63, 3.8) is 0 Å². The number of hydrogen-bond donors (Lipinski definition) is 2. The highest BCUT2D eigenvalue weighted by molar-refractivity contribution is 6.01. The first-order valence-electron chi connectivity index (χ1n) is 9.67. The van der Waals surface area contributed by atoms with Crippen LogP contribution >= 0.6 is 0 Å². The molecule has 0 spiro atoms. The van der Waals surface area contributed by atoms with Crippen molar-refractivity contribution in [1.29, 1.82) is 0 Å². The number of ketones is 1. The molecule has 152 valence electrons. The van der Waals surface area contributed by atoms with Gasteiger partial charge in [0, 0.05) is 49.5 Å². The number of benzene rings is 2. The Bertz CT molecular complexity index is 916. The lowest BCUT2D eigenvalue weighted by Gasteiger charge is -2.37. The van der Waals surface area contributed by atoms with E-state index in [1.165, 1.54) is 0 Å². The zero-order chi connectivity index (χ0) is 21.0. The van der Waals surface area contributed by atoms with Gasteiger partial charge in [0.25, 0.3) is 0 Å². The lowest BCUT2D eigenvalue weighted by molar-refractivity contribution is -0.115. The van der Waals surface area contributed by atoms with Gasteiger partial charge in [-0.1, -0.05) is 6.92 Å². The molecule has 1 aliphatic heterocycles. The summed E-state index contributed by atoms with van der Waals surface area (Å²) in [5, 5.41) is 12.2. The molecule has 1 amide bonds. The van der Waals surface area contributed by atoms with E-state index in [4.69, 9.17) is 0 Å². The third kappa shape index (κ3) is 4.74. The van der Waals surface area contributed by atoms with Crippen LogP contribution in [0, 0.1) is 0 Å². The molecule has 1 saturated heterocycles. The van der Waals surface area contributed by atoms with Crippen LogP contribution in [0.2, 0.25) is 0 Å². The molecular formula is C22H25N3O4. The minimum atomic E-state index is -1.07. The molecule has 0 saturated carbocycles. The summed E-state index contributed by atoms with van der Waals surface area (Å²) in [5.41, 5.74) is 3.00.